The number of rotatable bonds is 13. The highest BCUT2D eigenvalue weighted by Crippen LogP contribution is 2.08. The van der Waals surface area contributed by atoms with Crippen LogP contribution in [0.15, 0.2) is 0 Å². The lowest BCUT2D eigenvalue weighted by atomic mass is 10.1. The van der Waals surface area contributed by atoms with Crippen molar-refractivity contribution >= 4 is 10.1 Å². The highest BCUT2D eigenvalue weighted by molar-refractivity contribution is 7.85. The molecule has 0 aliphatic carbocycles. The molecule has 5 nitrogen and oxygen atoms in total. The smallest absolute Gasteiger partial charge is 0.264 e. The van der Waals surface area contributed by atoms with Gasteiger partial charge in [0.05, 0.1) is 18.5 Å². The molecule has 0 saturated carbocycles. The number of unbranched alkanes of at least 4 members (excludes halogenated alkanes) is 5. The summed E-state index contributed by atoms with van der Waals surface area (Å²) >= 11 is 0. The third-order valence-corrected chi connectivity index (χ3v) is 3.70. The molecular formula is C13H28O5S. The molecule has 0 radical (unpaired) electrons. The number of ether oxygens (including phenoxy) is 1. The second-order valence-corrected chi connectivity index (χ2v) is 6.50. The molecule has 0 aliphatic rings. The van der Waals surface area contributed by atoms with Gasteiger partial charge in [-0.1, -0.05) is 45.4 Å². The van der Waals surface area contributed by atoms with Crippen molar-refractivity contribution in [3.05, 3.63) is 0 Å². The zero-order chi connectivity index (χ0) is 14.6. The Morgan fingerprint density at radius 2 is 1.68 bits per heavy atom. The van der Waals surface area contributed by atoms with Crippen LogP contribution >= 0.6 is 0 Å². The van der Waals surface area contributed by atoms with E-state index in [4.69, 9.17) is 9.29 Å². The molecule has 116 valence electrons. The van der Waals surface area contributed by atoms with Crippen LogP contribution in [0.1, 0.15) is 58.3 Å². The minimum Gasteiger partial charge on any atom is -0.391 e. The molecule has 0 bridgehead atoms. The van der Waals surface area contributed by atoms with Gasteiger partial charge in [-0.25, -0.2) is 0 Å². The largest absolute Gasteiger partial charge is 0.391 e. The van der Waals surface area contributed by atoms with Crippen LogP contribution < -0.4 is 0 Å². The molecule has 19 heavy (non-hydrogen) atoms. The minimum absolute atomic E-state index is 0.237. The third-order valence-electron chi connectivity index (χ3n) is 2.89. The Hall–Kier alpha value is -0.170. The average Bonchev–Trinajstić information content (AvgIpc) is 2.31. The summed E-state index contributed by atoms with van der Waals surface area (Å²) < 4.78 is 34.5. The first-order chi connectivity index (χ1) is 8.95. The second kappa shape index (κ2) is 11.6. The second-order valence-electron chi connectivity index (χ2n) is 4.92. The SMILES string of the molecule is CCCCCCCCC(O)COCCCS(=O)(=O)O. The molecule has 0 rings (SSSR count). The topological polar surface area (TPSA) is 83.8 Å². The lowest BCUT2D eigenvalue weighted by Gasteiger charge is -2.10. The number of hydrogen-bond acceptors (Lipinski definition) is 4. The molecule has 0 saturated heterocycles. The predicted molar refractivity (Wildman–Crippen MR) is 75.9 cm³/mol. The Morgan fingerprint density at radius 3 is 2.32 bits per heavy atom. The first-order valence-electron chi connectivity index (χ1n) is 7.16. The van der Waals surface area contributed by atoms with Gasteiger partial charge in [0.15, 0.2) is 0 Å². The van der Waals surface area contributed by atoms with Crippen molar-refractivity contribution in [1.82, 2.24) is 0 Å². The predicted octanol–water partition coefficient (Wildman–Crippen LogP) is 2.39. The van der Waals surface area contributed by atoms with Gasteiger partial charge >= 0.3 is 0 Å². The average molecular weight is 296 g/mol. The Bertz CT molecular complexity index is 289. The van der Waals surface area contributed by atoms with E-state index in [-0.39, 0.29) is 25.4 Å². The highest BCUT2D eigenvalue weighted by Gasteiger charge is 2.06. The maximum absolute atomic E-state index is 10.4. The lowest BCUT2D eigenvalue weighted by Crippen LogP contribution is -2.16. The number of aliphatic hydroxyl groups excluding tert-OH is 1. The molecule has 6 heteroatoms. The molecule has 1 unspecified atom stereocenters. The van der Waals surface area contributed by atoms with Crippen LogP contribution in [-0.4, -0.2) is 43.1 Å². The summed E-state index contributed by atoms with van der Waals surface area (Å²) in [6.45, 7) is 2.66. The van der Waals surface area contributed by atoms with E-state index in [0.717, 1.165) is 19.3 Å². The standard InChI is InChI=1S/C13H28O5S/c1-2-3-4-5-6-7-9-13(14)12-18-10-8-11-19(15,16)17/h13-14H,2-12H2,1H3,(H,15,16,17). The van der Waals surface area contributed by atoms with E-state index >= 15 is 0 Å². The summed E-state index contributed by atoms with van der Waals surface area (Å²) in [5, 5.41) is 9.62. The van der Waals surface area contributed by atoms with E-state index in [2.05, 4.69) is 6.92 Å². The first-order valence-corrected chi connectivity index (χ1v) is 8.77. The summed E-state index contributed by atoms with van der Waals surface area (Å²) in [7, 11) is -3.89. The summed E-state index contributed by atoms with van der Waals surface area (Å²) in [5.41, 5.74) is 0. The Balaban J connectivity index is 3.28. The van der Waals surface area contributed by atoms with E-state index in [0.29, 0.717) is 0 Å². The summed E-state index contributed by atoms with van der Waals surface area (Å²) in [6.07, 6.45) is 7.64. The lowest BCUT2D eigenvalue weighted by molar-refractivity contribution is 0.0317. The quantitative estimate of drug-likeness (QED) is 0.403. The van der Waals surface area contributed by atoms with Crippen LogP contribution in [0.2, 0.25) is 0 Å². The van der Waals surface area contributed by atoms with Gasteiger partial charge in [-0.2, -0.15) is 8.42 Å². The maximum atomic E-state index is 10.4. The van der Waals surface area contributed by atoms with Gasteiger partial charge in [-0.15, -0.1) is 0 Å². The van der Waals surface area contributed by atoms with Gasteiger partial charge in [0, 0.05) is 6.61 Å². The summed E-state index contributed by atoms with van der Waals surface area (Å²) in [6, 6.07) is 0. The molecule has 0 aromatic rings. The minimum atomic E-state index is -3.89. The Labute approximate surface area is 117 Å². The fourth-order valence-corrected chi connectivity index (χ4v) is 2.29. The van der Waals surface area contributed by atoms with Crippen LogP contribution in [0.3, 0.4) is 0 Å². The number of hydrogen-bond donors (Lipinski definition) is 2. The Kier molecular flexibility index (Phi) is 11.5. The van der Waals surface area contributed by atoms with Gasteiger partial charge in [-0.3, -0.25) is 4.55 Å². The molecule has 0 heterocycles. The van der Waals surface area contributed by atoms with Gasteiger partial charge in [0.25, 0.3) is 10.1 Å². The maximum Gasteiger partial charge on any atom is 0.264 e. The van der Waals surface area contributed by atoms with Crippen molar-refractivity contribution in [3.8, 4) is 0 Å². The zero-order valence-corrected chi connectivity index (χ0v) is 12.7. The van der Waals surface area contributed by atoms with Crippen molar-refractivity contribution < 1.29 is 22.8 Å². The molecule has 2 N–H and O–H groups in total. The van der Waals surface area contributed by atoms with Crippen molar-refractivity contribution in [2.45, 2.75) is 64.4 Å². The summed E-state index contributed by atoms with van der Waals surface area (Å²) in [5.74, 6) is -0.291. The van der Waals surface area contributed by atoms with Gasteiger partial charge in [0.2, 0.25) is 0 Å². The van der Waals surface area contributed by atoms with E-state index in [9.17, 15) is 13.5 Å². The molecule has 0 aromatic heterocycles. The summed E-state index contributed by atoms with van der Waals surface area (Å²) in [4.78, 5) is 0. The van der Waals surface area contributed by atoms with E-state index in [1.165, 1.54) is 25.7 Å². The fourth-order valence-electron chi connectivity index (χ4n) is 1.81. The molecule has 0 fully saturated rings. The van der Waals surface area contributed by atoms with E-state index in [1.54, 1.807) is 0 Å². The van der Waals surface area contributed by atoms with Gasteiger partial charge < -0.3 is 9.84 Å². The molecule has 1 atom stereocenters. The van der Waals surface area contributed by atoms with Crippen LogP contribution in [0, 0.1) is 0 Å². The first kappa shape index (κ1) is 18.8. The van der Waals surface area contributed by atoms with Crippen LogP contribution in [0.4, 0.5) is 0 Å². The molecule has 0 aromatic carbocycles. The highest BCUT2D eigenvalue weighted by atomic mass is 32.2. The molecule has 0 spiro atoms. The molecular weight excluding hydrogens is 268 g/mol. The van der Waals surface area contributed by atoms with Crippen molar-refractivity contribution in [1.29, 1.82) is 0 Å². The van der Waals surface area contributed by atoms with Crippen LogP contribution in [0.25, 0.3) is 0 Å². The van der Waals surface area contributed by atoms with Crippen molar-refractivity contribution in [2.24, 2.45) is 0 Å². The normalized spacial score (nSPS) is 13.6. The molecule has 0 aliphatic heterocycles. The zero-order valence-electron chi connectivity index (χ0n) is 11.9. The third kappa shape index (κ3) is 15.8. The fraction of sp³-hybridized carbons (Fsp3) is 1.00. The van der Waals surface area contributed by atoms with Gasteiger partial charge in [-0.05, 0) is 12.8 Å². The van der Waals surface area contributed by atoms with Crippen molar-refractivity contribution in [3.63, 3.8) is 0 Å². The number of aliphatic hydroxyl groups is 1. The Morgan fingerprint density at radius 1 is 1.05 bits per heavy atom. The van der Waals surface area contributed by atoms with Crippen LogP contribution in [0.5, 0.6) is 0 Å². The van der Waals surface area contributed by atoms with E-state index < -0.39 is 16.2 Å². The van der Waals surface area contributed by atoms with Crippen molar-refractivity contribution in [2.75, 3.05) is 19.0 Å². The van der Waals surface area contributed by atoms with Gasteiger partial charge in [0.1, 0.15) is 0 Å². The van der Waals surface area contributed by atoms with Crippen LogP contribution in [-0.2, 0) is 14.9 Å². The monoisotopic (exact) mass is 296 g/mol. The molecule has 0 amide bonds. The van der Waals surface area contributed by atoms with E-state index in [1.807, 2.05) is 0 Å².